The number of amides is 2. The lowest BCUT2D eigenvalue weighted by Gasteiger charge is -2.33. The molecule has 0 aliphatic heterocycles. The van der Waals surface area contributed by atoms with Gasteiger partial charge in [-0.2, -0.15) is 0 Å². The Hall–Kier alpha value is -2.39. The maximum absolute atomic E-state index is 13.5. The normalized spacial score (nSPS) is 12.7. The number of hydrogen-bond acceptors (Lipinski definition) is 4. The average molecular weight is 539 g/mol. The van der Waals surface area contributed by atoms with Crippen molar-refractivity contribution in [1.29, 1.82) is 0 Å². The van der Waals surface area contributed by atoms with Gasteiger partial charge in [-0.05, 0) is 63.9 Å². The molecule has 33 heavy (non-hydrogen) atoms. The number of sulfonamides is 1. The molecule has 0 fully saturated rings. The largest absolute Gasteiger partial charge is 0.350 e. The number of carbonyl (C=O) groups is 2. The van der Waals surface area contributed by atoms with Crippen molar-refractivity contribution < 1.29 is 18.0 Å². The molecular weight excluding hydrogens is 506 g/mol. The lowest BCUT2D eigenvalue weighted by atomic mass is 10.1. The fourth-order valence-electron chi connectivity index (χ4n) is 3.28. The molecule has 0 radical (unpaired) electrons. The first-order chi connectivity index (χ1) is 15.2. The number of nitrogens with zero attached hydrogens (tertiary/aromatic N) is 2. The highest BCUT2D eigenvalue weighted by atomic mass is 79.9. The molecule has 7 nitrogen and oxygen atoms in total. The number of halogens is 1. The Labute approximate surface area is 205 Å². The average Bonchev–Trinajstić information content (AvgIpc) is 2.69. The van der Waals surface area contributed by atoms with E-state index in [1.807, 2.05) is 45.0 Å². The van der Waals surface area contributed by atoms with Crippen molar-refractivity contribution in [3.63, 3.8) is 0 Å². The molecule has 2 rings (SSSR count). The first-order valence-electron chi connectivity index (χ1n) is 10.6. The van der Waals surface area contributed by atoms with Crippen LogP contribution in [0.3, 0.4) is 0 Å². The van der Waals surface area contributed by atoms with Crippen LogP contribution in [0.4, 0.5) is 5.69 Å². The van der Waals surface area contributed by atoms with Gasteiger partial charge in [0.05, 0.1) is 11.9 Å². The summed E-state index contributed by atoms with van der Waals surface area (Å²) >= 11 is 3.39. The second kappa shape index (κ2) is 10.7. The Morgan fingerprint density at radius 2 is 1.64 bits per heavy atom. The van der Waals surface area contributed by atoms with E-state index in [0.29, 0.717) is 5.69 Å². The lowest BCUT2D eigenvalue weighted by Crippen LogP contribution is -2.54. The molecule has 2 aromatic rings. The molecule has 1 N–H and O–H groups in total. The topological polar surface area (TPSA) is 86.8 Å². The molecule has 9 heteroatoms. The van der Waals surface area contributed by atoms with Crippen molar-refractivity contribution in [2.45, 2.75) is 52.7 Å². The molecule has 1 atom stereocenters. The number of anilines is 1. The first-order valence-corrected chi connectivity index (χ1v) is 13.2. The van der Waals surface area contributed by atoms with E-state index in [-0.39, 0.29) is 12.5 Å². The number of aryl methyl sites for hydroxylation is 1. The monoisotopic (exact) mass is 537 g/mol. The second-order valence-electron chi connectivity index (χ2n) is 9.12. The zero-order valence-corrected chi connectivity index (χ0v) is 22.3. The summed E-state index contributed by atoms with van der Waals surface area (Å²) in [5.41, 5.74) is 1.51. The summed E-state index contributed by atoms with van der Waals surface area (Å²) in [5, 5.41) is 2.90. The number of rotatable bonds is 8. The van der Waals surface area contributed by atoms with E-state index in [1.165, 1.54) is 4.90 Å². The fraction of sp³-hybridized carbons (Fsp3) is 0.417. The number of nitrogens with one attached hydrogen (secondary N) is 1. The Morgan fingerprint density at radius 3 is 2.15 bits per heavy atom. The summed E-state index contributed by atoms with van der Waals surface area (Å²) < 4.78 is 27.2. The molecule has 0 saturated heterocycles. The fourth-order valence-corrected chi connectivity index (χ4v) is 4.45. The highest BCUT2D eigenvalue weighted by Crippen LogP contribution is 2.23. The number of hydrogen-bond donors (Lipinski definition) is 1. The van der Waals surface area contributed by atoms with Crippen molar-refractivity contribution in [2.75, 3.05) is 17.1 Å². The highest BCUT2D eigenvalue weighted by Gasteiger charge is 2.31. The third kappa shape index (κ3) is 7.85. The van der Waals surface area contributed by atoms with E-state index in [4.69, 9.17) is 0 Å². The predicted molar refractivity (Wildman–Crippen MR) is 135 cm³/mol. The van der Waals surface area contributed by atoms with E-state index < -0.39 is 34.1 Å². The number of carbonyl (C=O) groups excluding carboxylic acids is 2. The van der Waals surface area contributed by atoms with E-state index in [9.17, 15) is 18.0 Å². The Balaban J connectivity index is 2.41. The minimum atomic E-state index is -3.74. The SMILES string of the molecule is Cc1ccccc1N(CC(=O)N(Cc1ccc(Br)cc1)[C@@H](C)C(=O)NC(C)(C)C)S(C)(=O)=O. The number of benzene rings is 2. The Kier molecular flexibility index (Phi) is 8.70. The van der Waals surface area contributed by atoms with Crippen LogP contribution in [-0.2, 0) is 26.2 Å². The van der Waals surface area contributed by atoms with Gasteiger partial charge in [0.25, 0.3) is 0 Å². The van der Waals surface area contributed by atoms with Crippen molar-refractivity contribution in [3.05, 3.63) is 64.1 Å². The quantitative estimate of drug-likeness (QED) is 0.553. The van der Waals surface area contributed by atoms with Gasteiger partial charge in [0.1, 0.15) is 12.6 Å². The van der Waals surface area contributed by atoms with Crippen LogP contribution in [0, 0.1) is 6.92 Å². The molecule has 180 valence electrons. The van der Waals surface area contributed by atoms with Crippen LogP contribution < -0.4 is 9.62 Å². The minimum absolute atomic E-state index is 0.163. The Morgan fingerprint density at radius 1 is 1.06 bits per heavy atom. The summed E-state index contributed by atoms with van der Waals surface area (Å²) in [6.45, 7) is 8.78. The van der Waals surface area contributed by atoms with Crippen LogP contribution >= 0.6 is 15.9 Å². The third-order valence-corrected chi connectivity index (χ3v) is 6.65. The van der Waals surface area contributed by atoms with Gasteiger partial charge in [-0.3, -0.25) is 13.9 Å². The second-order valence-corrected chi connectivity index (χ2v) is 11.9. The van der Waals surface area contributed by atoms with Crippen LogP contribution in [0.2, 0.25) is 0 Å². The van der Waals surface area contributed by atoms with Gasteiger partial charge in [0.15, 0.2) is 0 Å². The molecule has 0 aliphatic rings. The molecule has 0 heterocycles. The van der Waals surface area contributed by atoms with Crippen molar-refractivity contribution >= 4 is 43.5 Å². The highest BCUT2D eigenvalue weighted by molar-refractivity contribution is 9.10. The Bertz CT molecular complexity index is 1100. The van der Waals surface area contributed by atoms with Gasteiger partial charge in [-0.1, -0.05) is 46.3 Å². The van der Waals surface area contributed by atoms with Crippen LogP contribution in [-0.4, -0.2) is 49.5 Å². The summed E-state index contributed by atoms with van der Waals surface area (Å²) in [5.74, 6) is -0.780. The third-order valence-electron chi connectivity index (χ3n) is 5.00. The predicted octanol–water partition coefficient (Wildman–Crippen LogP) is 3.86. The van der Waals surface area contributed by atoms with Gasteiger partial charge < -0.3 is 10.2 Å². The molecule has 2 amide bonds. The van der Waals surface area contributed by atoms with Gasteiger partial charge in [0.2, 0.25) is 21.8 Å². The molecular formula is C24H32BrN3O4S. The molecule has 0 saturated carbocycles. The van der Waals surface area contributed by atoms with Crippen molar-refractivity contribution in [3.8, 4) is 0 Å². The standard InChI is InChI=1S/C24H32BrN3O4S/c1-17-9-7-8-10-21(17)28(33(6,31)32)16-22(29)27(15-19-11-13-20(25)14-12-19)18(2)23(30)26-24(3,4)5/h7-14,18H,15-16H2,1-6H3,(H,26,30)/t18-/m0/s1. The molecule has 0 bridgehead atoms. The van der Waals surface area contributed by atoms with Gasteiger partial charge in [0, 0.05) is 16.6 Å². The van der Waals surface area contributed by atoms with Crippen LogP contribution in [0.15, 0.2) is 53.0 Å². The number of para-hydroxylation sites is 1. The van der Waals surface area contributed by atoms with Gasteiger partial charge >= 0.3 is 0 Å². The zero-order chi connectivity index (χ0) is 25.0. The van der Waals surface area contributed by atoms with Crippen LogP contribution in [0.25, 0.3) is 0 Å². The summed E-state index contributed by atoms with van der Waals surface area (Å²) in [7, 11) is -3.74. The minimum Gasteiger partial charge on any atom is -0.350 e. The summed E-state index contributed by atoms with van der Waals surface area (Å²) in [6, 6.07) is 13.6. The maximum atomic E-state index is 13.5. The summed E-state index contributed by atoms with van der Waals surface area (Å²) in [4.78, 5) is 27.8. The lowest BCUT2D eigenvalue weighted by molar-refractivity contribution is -0.140. The molecule has 0 aromatic heterocycles. The molecule has 0 aliphatic carbocycles. The first kappa shape index (κ1) is 26.9. The molecule has 0 unspecified atom stereocenters. The summed E-state index contributed by atoms with van der Waals surface area (Å²) in [6.07, 6.45) is 1.07. The van der Waals surface area contributed by atoms with Crippen LogP contribution in [0.5, 0.6) is 0 Å². The zero-order valence-electron chi connectivity index (χ0n) is 19.9. The van der Waals surface area contributed by atoms with E-state index in [2.05, 4.69) is 21.2 Å². The maximum Gasteiger partial charge on any atom is 0.244 e. The van der Waals surface area contributed by atoms with Crippen molar-refractivity contribution in [2.24, 2.45) is 0 Å². The van der Waals surface area contributed by atoms with Crippen LogP contribution in [0.1, 0.15) is 38.8 Å². The van der Waals surface area contributed by atoms with Crippen molar-refractivity contribution in [1.82, 2.24) is 10.2 Å². The van der Waals surface area contributed by atoms with E-state index in [0.717, 1.165) is 26.2 Å². The van der Waals surface area contributed by atoms with E-state index in [1.54, 1.807) is 38.1 Å². The van der Waals surface area contributed by atoms with Gasteiger partial charge in [-0.15, -0.1) is 0 Å². The smallest absolute Gasteiger partial charge is 0.244 e. The molecule has 2 aromatic carbocycles. The van der Waals surface area contributed by atoms with Gasteiger partial charge in [-0.25, -0.2) is 8.42 Å². The van der Waals surface area contributed by atoms with E-state index >= 15 is 0 Å². The molecule has 0 spiro atoms.